The van der Waals surface area contributed by atoms with E-state index in [1.54, 1.807) is 48.5 Å². The Morgan fingerprint density at radius 3 is 2.24 bits per heavy atom. The summed E-state index contributed by atoms with van der Waals surface area (Å²) in [4.78, 5) is 31.2. The maximum atomic E-state index is 14.5. The molecule has 0 radical (unpaired) electrons. The van der Waals surface area contributed by atoms with Crippen molar-refractivity contribution < 1.29 is 76.3 Å². The van der Waals surface area contributed by atoms with Gasteiger partial charge in [-0.15, -0.1) is 0 Å². The summed E-state index contributed by atoms with van der Waals surface area (Å²) in [6, 6.07) is -0.897. The molecule has 3 aliphatic heterocycles. The van der Waals surface area contributed by atoms with Gasteiger partial charge in [-0.1, -0.05) is 20.8 Å². The molecule has 0 aromatic carbocycles. The molecule has 0 spiro atoms. The van der Waals surface area contributed by atoms with E-state index in [9.17, 15) is 43.2 Å². The second-order valence-electron chi connectivity index (χ2n) is 20.7. The smallest absolute Gasteiger partial charge is 0.435 e. The number of likely N-dealkylation sites (N-methyl/N-ethyl adjacent to an activating group) is 2. The zero-order valence-electron chi connectivity index (χ0n) is 42.8. The molecule has 68 heavy (non-hydrogen) atoms. The molecule has 4 heterocycles. The summed E-state index contributed by atoms with van der Waals surface area (Å²) in [5.74, 6) is -3.86. The Hall–Kier alpha value is -2.54. The number of aryl methyl sites for hydroxylation is 1. The van der Waals surface area contributed by atoms with Crippen LogP contribution in [0, 0.1) is 17.8 Å². The number of nitrogens with one attached hydrogen (secondary N) is 1. The number of alkyl halides is 3. The predicted octanol–water partition coefficient (Wildman–Crippen LogP) is 3.50. The van der Waals surface area contributed by atoms with E-state index in [1.165, 1.54) is 21.1 Å². The molecule has 1 aromatic rings. The molecule has 3 saturated heterocycles. The fourth-order valence-electron chi connectivity index (χ4n) is 10.4. The third-order valence-electron chi connectivity index (χ3n) is 14.4. The Kier molecular flexibility index (Phi) is 19.9. The fourth-order valence-corrected chi connectivity index (χ4v) is 10.4. The minimum atomic E-state index is -4.82. The summed E-state index contributed by atoms with van der Waals surface area (Å²) in [5.41, 5.74) is -6.51. The van der Waals surface area contributed by atoms with Gasteiger partial charge in [0.05, 0.1) is 47.1 Å². The van der Waals surface area contributed by atoms with Crippen LogP contribution in [-0.2, 0) is 51.2 Å². The van der Waals surface area contributed by atoms with Crippen molar-refractivity contribution in [2.24, 2.45) is 24.8 Å². The van der Waals surface area contributed by atoms with Gasteiger partial charge in [-0.3, -0.25) is 14.3 Å². The van der Waals surface area contributed by atoms with E-state index < -0.39 is 119 Å². The Morgan fingerprint density at radius 1 is 1.00 bits per heavy atom. The zero-order chi connectivity index (χ0) is 51.4. The number of cyclic esters (lactones) is 1. The van der Waals surface area contributed by atoms with Gasteiger partial charge < -0.3 is 68.7 Å². The van der Waals surface area contributed by atoms with E-state index in [-0.39, 0.29) is 56.9 Å². The van der Waals surface area contributed by atoms with E-state index in [0.29, 0.717) is 13.0 Å². The predicted molar refractivity (Wildman–Crippen MR) is 243 cm³/mol. The van der Waals surface area contributed by atoms with Crippen molar-refractivity contribution in [1.29, 1.82) is 0 Å². The lowest BCUT2D eigenvalue weighted by Crippen LogP contribution is -2.61. The van der Waals surface area contributed by atoms with Crippen molar-refractivity contribution in [2.75, 3.05) is 47.9 Å². The molecule has 0 saturated carbocycles. The van der Waals surface area contributed by atoms with Crippen molar-refractivity contribution in [1.82, 2.24) is 24.9 Å². The average Bonchev–Trinajstić information content (AvgIpc) is 3.66. The highest BCUT2D eigenvalue weighted by molar-refractivity contribution is 5.95. The van der Waals surface area contributed by atoms with Gasteiger partial charge in [0.25, 0.3) is 5.91 Å². The number of amides is 1. The van der Waals surface area contributed by atoms with Crippen LogP contribution in [0.3, 0.4) is 0 Å². The first-order valence-electron chi connectivity index (χ1n) is 24.0. The highest BCUT2D eigenvalue weighted by Gasteiger charge is 2.53. The molecule has 18 atom stereocenters. The van der Waals surface area contributed by atoms with Crippen LogP contribution in [0.25, 0.3) is 0 Å². The molecule has 0 aliphatic carbocycles. The molecule has 1 aromatic heterocycles. The number of carbonyl (C=O) groups excluding carboxylic acids is 2. The van der Waals surface area contributed by atoms with Crippen LogP contribution < -0.4 is 5.32 Å². The van der Waals surface area contributed by atoms with Gasteiger partial charge in [-0.25, -0.2) is 0 Å². The number of halogens is 3. The minimum absolute atomic E-state index is 0.0220. The van der Waals surface area contributed by atoms with Gasteiger partial charge in [0, 0.05) is 64.5 Å². The number of ether oxygens (including phenoxy) is 7. The average molecular weight is 982 g/mol. The van der Waals surface area contributed by atoms with Crippen LogP contribution in [0.15, 0.2) is 6.20 Å². The number of methoxy groups -OCH3 is 1. The van der Waals surface area contributed by atoms with Crippen molar-refractivity contribution in [2.45, 2.75) is 198 Å². The molecule has 3 fully saturated rings. The van der Waals surface area contributed by atoms with Crippen molar-refractivity contribution >= 4 is 11.9 Å². The molecule has 18 nitrogen and oxygen atoms in total. The van der Waals surface area contributed by atoms with Crippen LogP contribution >= 0.6 is 0 Å². The maximum Gasteiger partial charge on any atom is 0.435 e. The molecule has 21 heteroatoms. The van der Waals surface area contributed by atoms with Crippen LogP contribution in [0.1, 0.15) is 117 Å². The Morgan fingerprint density at radius 2 is 1.65 bits per heavy atom. The Labute approximate surface area is 400 Å². The third-order valence-corrected chi connectivity index (χ3v) is 14.4. The van der Waals surface area contributed by atoms with Gasteiger partial charge in [-0.2, -0.15) is 18.3 Å². The van der Waals surface area contributed by atoms with Crippen molar-refractivity contribution in [3.63, 3.8) is 0 Å². The largest absolute Gasteiger partial charge is 0.459 e. The third kappa shape index (κ3) is 13.7. The summed E-state index contributed by atoms with van der Waals surface area (Å²) < 4.78 is 86.7. The molecule has 5 N–H and O–H groups in total. The molecule has 3 aliphatic rings. The van der Waals surface area contributed by atoms with Crippen molar-refractivity contribution in [3.8, 4) is 0 Å². The molecule has 4 rings (SSSR count). The van der Waals surface area contributed by atoms with Gasteiger partial charge in [0.2, 0.25) is 0 Å². The Balaban J connectivity index is 1.75. The second kappa shape index (κ2) is 23.3. The van der Waals surface area contributed by atoms with Crippen LogP contribution in [0.5, 0.6) is 0 Å². The molecular weight excluding hydrogens is 900 g/mol. The first kappa shape index (κ1) is 58.0. The number of hydrogen-bond acceptors (Lipinski definition) is 16. The van der Waals surface area contributed by atoms with Gasteiger partial charge >= 0.3 is 12.1 Å². The monoisotopic (exact) mass is 982 g/mol. The topological polar surface area (TPSA) is 216 Å². The molecule has 0 bridgehead atoms. The lowest BCUT2D eigenvalue weighted by molar-refractivity contribution is -0.321. The number of esters is 1. The minimum Gasteiger partial charge on any atom is -0.459 e. The van der Waals surface area contributed by atoms with E-state index in [4.69, 9.17) is 33.2 Å². The van der Waals surface area contributed by atoms with E-state index in [2.05, 4.69) is 10.4 Å². The van der Waals surface area contributed by atoms with Gasteiger partial charge in [-0.05, 0) is 101 Å². The van der Waals surface area contributed by atoms with E-state index in [1.807, 2.05) is 44.8 Å². The lowest BCUT2D eigenvalue weighted by atomic mass is 9.77. The SMILES string of the molecule is CCC1OC(=O)C(C)C(OC2CC(C)(OC)C(O)C(C)O2)C(C)C(OC2OC(C)CC(N(C)C)C2OCCCNC(=O)c2cn(C)nc2C(F)(F)F)C(C)(O)CC(C)CN(C)C(C)C(O)C1(C)O. The zero-order valence-corrected chi connectivity index (χ0v) is 42.8. The number of hydrogen-bond donors (Lipinski definition) is 5. The highest BCUT2D eigenvalue weighted by Crippen LogP contribution is 2.41. The quantitative estimate of drug-likeness (QED) is 0.141. The maximum absolute atomic E-state index is 14.5. The molecule has 394 valence electrons. The molecule has 1 amide bonds. The second-order valence-corrected chi connectivity index (χ2v) is 20.7. The summed E-state index contributed by atoms with van der Waals surface area (Å²) in [5, 5.41) is 53.4. The van der Waals surface area contributed by atoms with E-state index in [0.717, 1.165) is 10.9 Å². The fraction of sp³-hybridized carbons (Fsp3) is 0.894. The van der Waals surface area contributed by atoms with Gasteiger partial charge in [0.1, 0.15) is 30.0 Å². The molecule has 18 unspecified atom stereocenters. The summed E-state index contributed by atoms with van der Waals surface area (Å²) >= 11 is 0. The first-order chi connectivity index (χ1) is 31.4. The number of aliphatic hydroxyl groups excluding tert-OH is 2. The first-order valence-corrected chi connectivity index (χ1v) is 24.0. The number of aliphatic hydroxyl groups is 4. The number of rotatable bonds is 13. The van der Waals surface area contributed by atoms with E-state index >= 15 is 0 Å². The van der Waals surface area contributed by atoms with Crippen LogP contribution in [0.4, 0.5) is 13.2 Å². The van der Waals surface area contributed by atoms with Crippen LogP contribution in [0.2, 0.25) is 0 Å². The number of carbonyl (C=O) groups is 2. The summed E-state index contributed by atoms with van der Waals surface area (Å²) in [6.07, 6.45) is -12.5. The van der Waals surface area contributed by atoms with Crippen molar-refractivity contribution in [3.05, 3.63) is 17.5 Å². The standard InChI is InChI=1S/C47H82F3N5O13/c1-16-33-46(10,61)38(56)29(6)54(13)23-25(2)21-44(8,60)40(27(4)35(28(5)42(59)66-33)67-34-22-45(9,62-15)39(57)30(7)65-34)68-43-36(32(53(11)12)20-26(3)64-43)63-19-17-18-51-41(58)31-24-55(14)52-37(31)47(48,49)50/h24-30,32-36,38-40,43,56-57,60-61H,16-23H2,1-15H3,(H,51,58). The summed E-state index contributed by atoms with van der Waals surface area (Å²) in [7, 11) is 8.36. The normalized spacial score (nSPS) is 40.9. The van der Waals surface area contributed by atoms with Crippen LogP contribution in [-0.4, -0.2) is 190 Å². The van der Waals surface area contributed by atoms with Gasteiger partial charge in [0.15, 0.2) is 18.3 Å². The number of nitrogens with zero attached hydrogens (tertiary/aromatic N) is 4. The summed E-state index contributed by atoms with van der Waals surface area (Å²) in [6.45, 7) is 17.7. The number of aromatic nitrogens is 2. The molecular formula is C47H82F3N5O13. The Bertz CT molecular complexity index is 1790. The highest BCUT2D eigenvalue weighted by atomic mass is 19.4. The lowest BCUT2D eigenvalue weighted by Gasteiger charge is -2.49.